The van der Waals surface area contributed by atoms with E-state index in [9.17, 15) is 14.0 Å². The van der Waals surface area contributed by atoms with Gasteiger partial charge in [-0.15, -0.1) is 11.3 Å². The van der Waals surface area contributed by atoms with Crippen molar-refractivity contribution in [2.75, 3.05) is 12.0 Å². The molecule has 0 spiro atoms. The smallest absolute Gasteiger partial charge is 0.277 e. The van der Waals surface area contributed by atoms with E-state index in [2.05, 4.69) is 10.4 Å². The van der Waals surface area contributed by atoms with Gasteiger partial charge in [-0.2, -0.15) is 5.10 Å². The molecule has 4 aromatic rings. The largest absolute Gasteiger partial charge is 0.495 e. The highest BCUT2D eigenvalue weighted by atomic mass is 32.1. The Morgan fingerprint density at radius 3 is 2.66 bits per heavy atom. The number of carbonyl (C=O) groups excluding carboxylic acids is 2. The van der Waals surface area contributed by atoms with E-state index in [4.69, 9.17) is 4.74 Å². The summed E-state index contributed by atoms with van der Waals surface area (Å²) >= 11 is 1.53. The van der Waals surface area contributed by atoms with Gasteiger partial charge in [-0.25, -0.2) is 4.39 Å². The monoisotopic (exact) mass is 490 g/mol. The summed E-state index contributed by atoms with van der Waals surface area (Å²) in [5.41, 5.74) is 0.998. The number of fused-ring (bicyclic) bond motifs is 1. The van der Waals surface area contributed by atoms with Gasteiger partial charge in [-0.1, -0.05) is 30.3 Å². The first-order chi connectivity index (χ1) is 16.9. The summed E-state index contributed by atoms with van der Waals surface area (Å²) < 4.78 is 20.4. The molecule has 1 unspecified atom stereocenters. The molecule has 0 aliphatic carbocycles. The van der Waals surface area contributed by atoms with Crippen molar-refractivity contribution in [3.05, 3.63) is 89.2 Å². The van der Waals surface area contributed by atoms with E-state index in [1.54, 1.807) is 48.0 Å². The van der Waals surface area contributed by atoms with Crippen molar-refractivity contribution in [3.8, 4) is 16.3 Å². The minimum absolute atomic E-state index is 0.146. The third-order valence-corrected chi connectivity index (χ3v) is 7.00. The number of aromatic nitrogens is 2. The van der Waals surface area contributed by atoms with Crippen LogP contribution in [-0.4, -0.2) is 34.2 Å². The molecule has 0 radical (unpaired) electrons. The highest BCUT2D eigenvalue weighted by molar-refractivity contribution is 7.13. The number of halogens is 1. The number of hydrogen-bond acceptors (Lipinski definition) is 5. The summed E-state index contributed by atoms with van der Waals surface area (Å²) in [6.07, 6.45) is 0. The van der Waals surface area contributed by atoms with E-state index in [1.807, 2.05) is 23.6 Å². The van der Waals surface area contributed by atoms with Crippen LogP contribution in [0.3, 0.4) is 0 Å². The third-order valence-electron chi connectivity index (χ3n) is 6.11. The highest BCUT2D eigenvalue weighted by Gasteiger charge is 2.49. The lowest BCUT2D eigenvalue weighted by Gasteiger charge is -2.43. The molecule has 2 amide bonds. The maximum absolute atomic E-state index is 13.9. The SMILES string of the molecule is COc1ccccc1N1C(=O)c2cc(-c3cccs3)nn2CC1(C)C(=O)NCc1ccc(F)cc1. The average Bonchev–Trinajstić information content (AvgIpc) is 3.54. The van der Waals surface area contributed by atoms with Gasteiger partial charge in [-0.3, -0.25) is 19.2 Å². The Kier molecular flexibility index (Phi) is 5.86. The number of thiophene rings is 1. The number of benzene rings is 2. The van der Waals surface area contributed by atoms with Gasteiger partial charge in [0.05, 0.1) is 24.2 Å². The van der Waals surface area contributed by atoms with Crippen molar-refractivity contribution in [1.82, 2.24) is 15.1 Å². The normalized spacial score (nSPS) is 17.2. The molecule has 0 saturated carbocycles. The maximum Gasteiger partial charge on any atom is 0.277 e. The fourth-order valence-corrected chi connectivity index (χ4v) is 4.97. The minimum atomic E-state index is -1.31. The third kappa shape index (κ3) is 4.08. The van der Waals surface area contributed by atoms with Crippen molar-refractivity contribution in [2.24, 2.45) is 0 Å². The number of nitrogens with zero attached hydrogens (tertiary/aromatic N) is 3. The van der Waals surface area contributed by atoms with Crippen molar-refractivity contribution in [1.29, 1.82) is 0 Å². The van der Waals surface area contributed by atoms with E-state index in [0.717, 1.165) is 10.4 Å². The number of rotatable bonds is 6. The highest BCUT2D eigenvalue weighted by Crippen LogP contribution is 2.39. The molecule has 1 aliphatic heterocycles. The fourth-order valence-electron chi connectivity index (χ4n) is 4.29. The van der Waals surface area contributed by atoms with Crippen LogP contribution in [0.1, 0.15) is 23.0 Å². The summed E-state index contributed by atoms with van der Waals surface area (Å²) in [4.78, 5) is 30.0. The van der Waals surface area contributed by atoms with Crippen LogP contribution in [0.25, 0.3) is 10.6 Å². The number of ether oxygens (including phenoxy) is 1. The van der Waals surface area contributed by atoms with Gasteiger partial charge < -0.3 is 10.1 Å². The second-order valence-corrected chi connectivity index (χ2v) is 9.39. The van der Waals surface area contributed by atoms with Crippen LogP contribution in [-0.2, 0) is 17.9 Å². The number of amides is 2. The van der Waals surface area contributed by atoms with Gasteiger partial charge in [0.15, 0.2) is 0 Å². The standard InChI is InChI=1S/C26H23FN4O3S/c1-26(25(33)28-15-17-9-11-18(27)12-10-17)16-30-21(14-19(29-30)23-8-5-13-35-23)24(32)31(26)20-6-3-4-7-22(20)34-2/h3-14H,15-16H2,1-2H3,(H,28,33). The number of para-hydroxylation sites is 2. The molecule has 3 heterocycles. The molecule has 2 aromatic carbocycles. The van der Waals surface area contributed by atoms with Crippen LogP contribution in [0, 0.1) is 5.82 Å². The molecule has 0 bridgehead atoms. The summed E-state index contributed by atoms with van der Waals surface area (Å²) in [6, 6.07) is 18.6. The molecule has 178 valence electrons. The number of carbonyl (C=O) groups is 2. The first kappa shape index (κ1) is 22.8. The van der Waals surface area contributed by atoms with Gasteiger partial charge >= 0.3 is 0 Å². The summed E-state index contributed by atoms with van der Waals surface area (Å²) in [5.74, 6) is -0.583. The molecule has 9 heteroatoms. The average molecular weight is 491 g/mol. The molecule has 5 rings (SSSR count). The number of methoxy groups -OCH3 is 1. The summed E-state index contributed by atoms with van der Waals surface area (Å²) in [5, 5.41) is 9.51. The number of nitrogens with one attached hydrogen (secondary N) is 1. The zero-order valence-electron chi connectivity index (χ0n) is 19.2. The maximum atomic E-state index is 13.9. The summed E-state index contributed by atoms with van der Waals surface area (Å²) in [6.45, 7) is 2.05. The van der Waals surface area contributed by atoms with Gasteiger partial charge in [0, 0.05) is 6.54 Å². The van der Waals surface area contributed by atoms with Gasteiger partial charge in [0.25, 0.3) is 5.91 Å². The van der Waals surface area contributed by atoms with Gasteiger partial charge in [0.1, 0.15) is 28.5 Å². The molecule has 7 nitrogen and oxygen atoms in total. The van der Waals surface area contributed by atoms with E-state index < -0.39 is 5.54 Å². The lowest BCUT2D eigenvalue weighted by Crippen LogP contribution is -2.64. The Balaban J connectivity index is 1.55. The fraction of sp³-hybridized carbons (Fsp3) is 0.192. The molecule has 1 N–H and O–H groups in total. The number of anilines is 1. The Morgan fingerprint density at radius 1 is 1.17 bits per heavy atom. The van der Waals surface area contributed by atoms with Crippen molar-refractivity contribution in [2.45, 2.75) is 25.6 Å². The quantitative estimate of drug-likeness (QED) is 0.432. The van der Waals surface area contributed by atoms with Crippen molar-refractivity contribution >= 4 is 28.8 Å². The molecule has 0 fully saturated rings. The van der Waals surface area contributed by atoms with E-state index in [0.29, 0.717) is 22.8 Å². The zero-order valence-corrected chi connectivity index (χ0v) is 20.0. The molecule has 1 atom stereocenters. The molecule has 0 saturated heterocycles. The molecule has 2 aromatic heterocycles. The minimum Gasteiger partial charge on any atom is -0.495 e. The van der Waals surface area contributed by atoms with Crippen molar-refractivity contribution < 1.29 is 18.7 Å². The predicted octanol–water partition coefficient (Wildman–Crippen LogP) is 4.49. The van der Waals surface area contributed by atoms with Crippen LogP contribution in [0.4, 0.5) is 10.1 Å². The van der Waals surface area contributed by atoms with Crippen LogP contribution < -0.4 is 15.0 Å². The van der Waals surface area contributed by atoms with Crippen LogP contribution in [0.5, 0.6) is 5.75 Å². The zero-order chi connectivity index (χ0) is 24.6. The Morgan fingerprint density at radius 2 is 1.94 bits per heavy atom. The first-order valence-corrected chi connectivity index (χ1v) is 11.9. The molecule has 35 heavy (non-hydrogen) atoms. The predicted molar refractivity (Wildman–Crippen MR) is 132 cm³/mol. The molecule has 1 aliphatic rings. The Labute approximate surface area is 205 Å². The van der Waals surface area contributed by atoms with Crippen LogP contribution >= 0.6 is 11.3 Å². The number of hydrogen-bond donors (Lipinski definition) is 1. The molecular weight excluding hydrogens is 467 g/mol. The Bertz CT molecular complexity index is 1380. The topological polar surface area (TPSA) is 76.5 Å². The van der Waals surface area contributed by atoms with E-state index in [1.165, 1.54) is 35.5 Å². The summed E-state index contributed by atoms with van der Waals surface area (Å²) in [7, 11) is 1.53. The lowest BCUT2D eigenvalue weighted by atomic mass is 9.93. The van der Waals surface area contributed by atoms with Gasteiger partial charge in [-0.05, 0) is 54.3 Å². The molecular formula is C26H23FN4O3S. The second kappa shape index (κ2) is 8.99. The Hall–Kier alpha value is -3.98. The lowest BCUT2D eigenvalue weighted by molar-refractivity contribution is -0.126. The van der Waals surface area contributed by atoms with Crippen LogP contribution in [0.15, 0.2) is 72.1 Å². The van der Waals surface area contributed by atoms with Crippen molar-refractivity contribution in [3.63, 3.8) is 0 Å². The second-order valence-electron chi connectivity index (χ2n) is 8.45. The van der Waals surface area contributed by atoms with E-state index in [-0.39, 0.29) is 30.7 Å². The van der Waals surface area contributed by atoms with Crippen LogP contribution in [0.2, 0.25) is 0 Å². The van der Waals surface area contributed by atoms with E-state index >= 15 is 0 Å². The first-order valence-electron chi connectivity index (χ1n) is 11.0. The van der Waals surface area contributed by atoms with Gasteiger partial charge in [0.2, 0.25) is 5.91 Å².